The fourth-order valence-electron chi connectivity index (χ4n) is 3.31. The number of anilines is 1. The monoisotopic (exact) mass is 292 g/mol. The summed E-state index contributed by atoms with van der Waals surface area (Å²) in [5, 5.41) is 8.06. The molecule has 2 heterocycles. The number of nitrogens with two attached hydrogens (primary N) is 1. The van der Waals surface area contributed by atoms with E-state index in [0.29, 0.717) is 16.6 Å². The SMILES string of the molecule is N=C(N)c1ccc(N2CCN3CCCCC3C2)cc1Cl. The van der Waals surface area contributed by atoms with Crippen molar-refractivity contribution in [1.29, 1.82) is 5.41 Å². The number of hydrogen-bond donors (Lipinski definition) is 2. The minimum absolute atomic E-state index is 0.0265. The second-order valence-electron chi connectivity index (χ2n) is 5.71. The summed E-state index contributed by atoms with van der Waals surface area (Å²) in [6, 6.07) is 6.51. The number of nitrogens with zero attached hydrogens (tertiary/aromatic N) is 2. The van der Waals surface area contributed by atoms with Gasteiger partial charge in [-0.05, 0) is 37.6 Å². The average Bonchev–Trinajstić information content (AvgIpc) is 2.46. The van der Waals surface area contributed by atoms with Crippen LogP contribution in [-0.4, -0.2) is 43.0 Å². The van der Waals surface area contributed by atoms with Gasteiger partial charge in [0.05, 0.1) is 5.02 Å². The van der Waals surface area contributed by atoms with Gasteiger partial charge in [0.1, 0.15) is 5.84 Å². The standard InChI is InChI=1S/C15H21ClN4/c16-14-9-11(4-5-13(14)15(17)18)20-8-7-19-6-2-1-3-12(19)10-20/h4-5,9,12H,1-3,6-8,10H2,(H3,17,18). The fourth-order valence-corrected chi connectivity index (χ4v) is 3.59. The highest BCUT2D eigenvalue weighted by molar-refractivity contribution is 6.34. The molecule has 2 aliphatic heterocycles. The summed E-state index contributed by atoms with van der Waals surface area (Å²) in [7, 11) is 0. The molecule has 1 unspecified atom stereocenters. The molecular weight excluding hydrogens is 272 g/mol. The first kappa shape index (κ1) is 13.7. The molecule has 1 atom stereocenters. The molecule has 3 rings (SSSR count). The smallest absolute Gasteiger partial charge is 0.124 e. The first-order valence-corrected chi connectivity index (χ1v) is 7.66. The molecule has 1 aromatic carbocycles. The van der Waals surface area contributed by atoms with E-state index >= 15 is 0 Å². The molecule has 0 spiro atoms. The van der Waals surface area contributed by atoms with Gasteiger partial charge in [-0.1, -0.05) is 18.0 Å². The third kappa shape index (κ3) is 2.63. The molecule has 1 aromatic rings. The third-order valence-corrected chi connectivity index (χ3v) is 4.76. The number of halogens is 1. The lowest BCUT2D eigenvalue weighted by Crippen LogP contribution is -2.54. The lowest BCUT2D eigenvalue weighted by molar-refractivity contribution is 0.133. The van der Waals surface area contributed by atoms with E-state index in [4.69, 9.17) is 22.7 Å². The third-order valence-electron chi connectivity index (χ3n) is 4.45. The van der Waals surface area contributed by atoms with Crippen molar-refractivity contribution in [3.8, 4) is 0 Å². The van der Waals surface area contributed by atoms with Gasteiger partial charge in [-0.25, -0.2) is 0 Å². The number of fused-ring (bicyclic) bond motifs is 1. The summed E-state index contributed by atoms with van der Waals surface area (Å²) in [5.74, 6) is 0.0265. The lowest BCUT2D eigenvalue weighted by Gasteiger charge is -2.45. The van der Waals surface area contributed by atoms with Crippen LogP contribution in [0.2, 0.25) is 5.02 Å². The van der Waals surface area contributed by atoms with Gasteiger partial charge in [-0.3, -0.25) is 10.3 Å². The Morgan fingerprint density at radius 2 is 2.10 bits per heavy atom. The first-order chi connectivity index (χ1) is 9.65. The zero-order chi connectivity index (χ0) is 14.1. The van der Waals surface area contributed by atoms with Crippen molar-refractivity contribution in [2.24, 2.45) is 5.73 Å². The zero-order valence-corrected chi connectivity index (χ0v) is 12.4. The largest absolute Gasteiger partial charge is 0.384 e. The Morgan fingerprint density at radius 3 is 2.85 bits per heavy atom. The molecule has 0 radical (unpaired) electrons. The minimum atomic E-state index is 0.0265. The van der Waals surface area contributed by atoms with Gasteiger partial charge in [-0.15, -0.1) is 0 Å². The normalized spacial score (nSPS) is 23.4. The molecule has 0 aromatic heterocycles. The Bertz CT molecular complexity index is 517. The Labute approximate surface area is 125 Å². The van der Waals surface area contributed by atoms with Crippen LogP contribution in [0.4, 0.5) is 5.69 Å². The number of amidine groups is 1. The maximum Gasteiger partial charge on any atom is 0.124 e. The molecule has 5 heteroatoms. The zero-order valence-electron chi connectivity index (χ0n) is 11.6. The van der Waals surface area contributed by atoms with E-state index in [1.54, 1.807) is 0 Å². The van der Waals surface area contributed by atoms with Gasteiger partial charge in [0.25, 0.3) is 0 Å². The number of benzene rings is 1. The van der Waals surface area contributed by atoms with Crippen molar-refractivity contribution in [2.75, 3.05) is 31.1 Å². The highest BCUT2D eigenvalue weighted by Gasteiger charge is 2.29. The predicted octanol–water partition coefficient (Wildman–Crippen LogP) is 2.30. The number of nitrogens with one attached hydrogen (secondary N) is 1. The number of nitrogen functional groups attached to an aromatic ring is 1. The van der Waals surface area contributed by atoms with Crippen LogP contribution in [0.25, 0.3) is 0 Å². The van der Waals surface area contributed by atoms with Crippen LogP contribution in [0.5, 0.6) is 0 Å². The molecule has 0 aliphatic carbocycles. The van der Waals surface area contributed by atoms with E-state index in [9.17, 15) is 0 Å². The van der Waals surface area contributed by atoms with E-state index in [-0.39, 0.29) is 5.84 Å². The molecule has 0 bridgehead atoms. The summed E-state index contributed by atoms with van der Waals surface area (Å²) in [5.41, 5.74) is 7.27. The molecule has 2 aliphatic rings. The summed E-state index contributed by atoms with van der Waals surface area (Å²) in [6.07, 6.45) is 3.99. The maximum atomic E-state index is 7.49. The minimum Gasteiger partial charge on any atom is -0.384 e. The molecule has 0 saturated carbocycles. The molecule has 2 saturated heterocycles. The molecule has 4 nitrogen and oxygen atoms in total. The second kappa shape index (κ2) is 5.62. The molecule has 2 fully saturated rings. The predicted molar refractivity (Wildman–Crippen MR) is 83.9 cm³/mol. The second-order valence-corrected chi connectivity index (χ2v) is 6.12. The molecule has 3 N–H and O–H groups in total. The van der Waals surface area contributed by atoms with Crippen molar-refractivity contribution >= 4 is 23.1 Å². The van der Waals surface area contributed by atoms with Crippen LogP contribution in [0, 0.1) is 5.41 Å². The van der Waals surface area contributed by atoms with Crippen LogP contribution >= 0.6 is 11.6 Å². The first-order valence-electron chi connectivity index (χ1n) is 7.28. The fraction of sp³-hybridized carbons (Fsp3) is 0.533. The van der Waals surface area contributed by atoms with Crippen LogP contribution in [0.3, 0.4) is 0 Å². The van der Waals surface area contributed by atoms with Crippen molar-refractivity contribution < 1.29 is 0 Å². The number of rotatable bonds is 2. The van der Waals surface area contributed by atoms with Gasteiger partial charge in [0, 0.05) is 36.9 Å². The quantitative estimate of drug-likeness (QED) is 0.649. The summed E-state index contributed by atoms with van der Waals surface area (Å²) in [4.78, 5) is 5.02. The highest BCUT2D eigenvalue weighted by Crippen LogP contribution is 2.28. The van der Waals surface area contributed by atoms with E-state index in [0.717, 1.165) is 25.3 Å². The summed E-state index contributed by atoms with van der Waals surface area (Å²) in [6.45, 7) is 4.52. The van der Waals surface area contributed by atoms with Crippen LogP contribution in [0.15, 0.2) is 18.2 Å². The van der Waals surface area contributed by atoms with Gasteiger partial charge < -0.3 is 10.6 Å². The van der Waals surface area contributed by atoms with Crippen molar-refractivity contribution in [3.63, 3.8) is 0 Å². The van der Waals surface area contributed by atoms with Crippen LogP contribution < -0.4 is 10.6 Å². The van der Waals surface area contributed by atoms with Gasteiger partial charge in [-0.2, -0.15) is 0 Å². The van der Waals surface area contributed by atoms with Crippen molar-refractivity contribution in [2.45, 2.75) is 25.3 Å². The Kier molecular flexibility index (Phi) is 3.85. The molecule has 108 valence electrons. The van der Waals surface area contributed by atoms with E-state index < -0.39 is 0 Å². The Balaban J connectivity index is 1.76. The molecular formula is C15H21ClN4. The highest BCUT2D eigenvalue weighted by atomic mass is 35.5. The lowest BCUT2D eigenvalue weighted by atomic mass is 9.99. The van der Waals surface area contributed by atoms with E-state index in [1.165, 1.54) is 25.8 Å². The summed E-state index contributed by atoms with van der Waals surface area (Å²) < 4.78 is 0. The topological polar surface area (TPSA) is 56.4 Å². The maximum absolute atomic E-state index is 7.49. The Morgan fingerprint density at radius 1 is 1.25 bits per heavy atom. The number of piperidine rings is 1. The molecule has 20 heavy (non-hydrogen) atoms. The number of piperazine rings is 1. The van der Waals surface area contributed by atoms with Crippen molar-refractivity contribution in [3.05, 3.63) is 28.8 Å². The summed E-state index contributed by atoms with van der Waals surface area (Å²) >= 11 is 6.22. The van der Waals surface area contributed by atoms with Crippen LogP contribution in [-0.2, 0) is 0 Å². The number of hydrogen-bond acceptors (Lipinski definition) is 3. The average molecular weight is 293 g/mol. The van der Waals surface area contributed by atoms with E-state index in [1.807, 2.05) is 18.2 Å². The van der Waals surface area contributed by atoms with Gasteiger partial charge in [0.2, 0.25) is 0 Å². The van der Waals surface area contributed by atoms with E-state index in [2.05, 4.69) is 9.80 Å². The van der Waals surface area contributed by atoms with Gasteiger partial charge in [0.15, 0.2) is 0 Å². The molecule has 0 amide bonds. The van der Waals surface area contributed by atoms with Gasteiger partial charge >= 0.3 is 0 Å². The van der Waals surface area contributed by atoms with Crippen molar-refractivity contribution in [1.82, 2.24) is 4.90 Å². The van der Waals surface area contributed by atoms with Crippen LogP contribution in [0.1, 0.15) is 24.8 Å². The Hall–Kier alpha value is -1.26.